The number of hydrogen-bond acceptors (Lipinski definition) is 4. The molecule has 1 N–H and O–H groups in total. The quantitative estimate of drug-likeness (QED) is 0.506. The van der Waals surface area contributed by atoms with Gasteiger partial charge in [-0.2, -0.15) is 5.10 Å². The normalized spacial score (nSPS) is 13.8. The van der Waals surface area contributed by atoms with Crippen LogP contribution in [0.25, 0.3) is 22.0 Å². The Bertz CT molecular complexity index is 1420. The summed E-state index contributed by atoms with van der Waals surface area (Å²) in [6.45, 7) is 3.50. The predicted molar refractivity (Wildman–Crippen MR) is 119 cm³/mol. The standard InChI is InChI=1S/C25H22F2N4O2/c1-25(2,33)19-7-6-15(18-12-30(3)29-23(18)19)17-10-20(26)14(9-21(17)27)11-31-13-22-16(24(31)32)5-4-8-28-22/h4-10,12,33H,11,13H2,1-3H3. The molecule has 0 radical (unpaired) electrons. The molecule has 2 aromatic carbocycles. The van der Waals surface area contributed by atoms with Crippen LogP contribution < -0.4 is 0 Å². The number of hydrogen-bond donors (Lipinski definition) is 1. The molecule has 0 bridgehead atoms. The lowest BCUT2D eigenvalue weighted by Crippen LogP contribution is -2.24. The van der Waals surface area contributed by atoms with Gasteiger partial charge in [0, 0.05) is 48.1 Å². The van der Waals surface area contributed by atoms with Crippen LogP contribution >= 0.6 is 0 Å². The van der Waals surface area contributed by atoms with Gasteiger partial charge in [0.1, 0.15) is 11.6 Å². The highest BCUT2D eigenvalue weighted by Gasteiger charge is 2.29. The minimum Gasteiger partial charge on any atom is -0.386 e. The Balaban J connectivity index is 1.53. The van der Waals surface area contributed by atoms with Crippen molar-refractivity contribution in [2.45, 2.75) is 32.5 Å². The monoisotopic (exact) mass is 448 g/mol. The molecule has 6 nitrogen and oxygen atoms in total. The molecule has 0 saturated heterocycles. The molecule has 0 unspecified atom stereocenters. The summed E-state index contributed by atoms with van der Waals surface area (Å²) in [6.07, 6.45) is 3.32. The topological polar surface area (TPSA) is 71.2 Å². The van der Waals surface area contributed by atoms with Crippen molar-refractivity contribution in [3.05, 3.63) is 82.8 Å². The second kappa shape index (κ2) is 7.45. The highest BCUT2D eigenvalue weighted by molar-refractivity contribution is 5.98. The molecule has 2 aromatic heterocycles. The molecule has 3 heterocycles. The van der Waals surface area contributed by atoms with Gasteiger partial charge in [0.25, 0.3) is 5.91 Å². The van der Waals surface area contributed by atoms with E-state index in [1.54, 1.807) is 62.2 Å². The first kappa shape index (κ1) is 21.2. The fourth-order valence-corrected chi connectivity index (χ4v) is 4.38. The van der Waals surface area contributed by atoms with E-state index >= 15 is 8.78 Å². The van der Waals surface area contributed by atoms with Crippen LogP contribution in [-0.4, -0.2) is 30.7 Å². The van der Waals surface area contributed by atoms with E-state index in [1.807, 2.05) is 0 Å². The van der Waals surface area contributed by atoms with E-state index in [1.165, 1.54) is 4.90 Å². The van der Waals surface area contributed by atoms with Gasteiger partial charge in [-0.05, 0) is 43.7 Å². The molecule has 0 spiro atoms. The van der Waals surface area contributed by atoms with Gasteiger partial charge in [-0.15, -0.1) is 0 Å². The van der Waals surface area contributed by atoms with E-state index < -0.39 is 17.2 Å². The molecular formula is C25H22F2N4O2. The molecule has 0 atom stereocenters. The van der Waals surface area contributed by atoms with Crippen molar-refractivity contribution in [2.24, 2.45) is 7.05 Å². The third-order valence-electron chi connectivity index (χ3n) is 5.99. The lowest BCUT2D eigenvalue weighted by Gasteiger charge is -2.19. The zero-order chi connectivity index (χ0) is 23.5. The van der Waals surface area contributed by atoms with Gasteiger partial charge in [0.15, 0.2) is 0 Å². The first-order chi connectivity index (χ1) is 15.6. The lowest BCUT2D eigenvalue weighted by atomic mass is 9.91. The Morgan fingerprint density at radius 1 is 1.09 bits per heavy atom. The minimum absolute atomic E-state index is 0.0574. The van der Waals surface area contributed by atoms with Crippen LogP contribution in [0.3, 0.4) is 0 Å². The molecule has 1 amide bonds. The smallest absolute Gasteiger partial charge is 0.256 e. The van der Waals surface area contributed by atoms with E-state index in [9.17, 15) is 9.90 Å². The Labute approximate surface area is 189 Å². The van der Waals surface area contributed by atoms with Crippen molar-refractivity contribution in [1.29, 1.82) is 0 Å². The zero-order valence-electron chi connectivity index (χ0n) is 18.4. The second-order valence-corrected chi connectivity index (χ2v) is 8.87. The SMILES string of the molecule is Cn1cc2c(-c3cc(F)c(CN4Cc5ncccc5C4=O)cc3F)ccc(C(C)(C)O)c2n1. The molecule has 5 rings (SSSR count). The van der Waals surface area contributed by atoms with Gasteiger partial charge >= 0.3 is 0 Å². The van der Waals surface area contributed by atoms with Crippen LogP contribution in [0.15, 0.2) is 48.8 Å². The molecule has 0 saturated carbocycles. The number of aromatic nitrogens is 3. The predicted octanol–water partition coefficient (Wildman–Crippen LogP) is 4.30. The van der Waals surface area contributed by atoms with E-state index in [0.717, 1.165) is 12.1 Å². The summed E-state index contributed by atoms with van der Waals surface area (Å²) in [6, 6.07) is 9.01. The summed E-state index contributed by atoms with van der Waals surface area (Å²) in [7, 11) is 1.73. The van der Waals surface area contributed by atoms with Crippen LogP contribution in [0.1, 0.15) is 41.0 Å². The fourth-order valence-electron chi connectivity index (χ4n) is 4.38. The Kier molecular flexibility index (Phi) is 4.79. The third kappa shape index (κ3) is 3.56. The van der Waals surface area contributed by atoms with Crippen LogP contribution in [0.2, 0.25) is 0 Å². The first-order valence-corrected chi connectivity index (χ1v) is 10.5. The van der Waals surface area contributed by atoms with Gasteiger partial charge in [0.05, 0.1) is 28.9 Å². The first-order valence-electron chi connectivity index (χ1n) is 10.5. The Morgan fingerprint density at radius 2 is 1.88 bits per heavy atom. The summed E-state index contributed by atoms with van der Waals surface area (Å²) in [5, 5.41) is 15.5. The van der Waals surface area contributed by atoms with Gasteiger partial charge < -0.3 is 10.0 Å². The fraction of sp³-hybridized carbons (Fsp3) is 0.240. The van der Waals surface area contributed by atoms with E-state index in [0.29, 0.717) is 33.3 Å². The van der Waals surface area contributed by atoms with Crippen molar-refractivity contribution in [1.82, 2.24) is 19.7 Å². The number of carbonyl (C=O) groups excluding carboxylic acids is 1. The molecule has 168 valence electrons. The van der Waals surface area contributed by atoms with Crippen molar-refractivity contribution < 1.29 is 18.7 Å². The maximum Gasteiger partial charge on any atom is 0.256 e. The van der Waals surface area contributed by atoms with Crippen molar-refractivity contribution in [2.75, 3.05) is 0 Å². The van der Waals surface area contributed by atoms with Gasteiger partial charge in [-0.3, -0.25) is 14.5 Å². The molecular weight excluding hydrogens is 426 g/mol. The van der Waals surface area contributed by atoms with Crippen LogP contribution in [0, 0.1) is 11.6 Å². The summed E-state index contributed by atoms with van der Waals surface area (Å²) in [5.41, 5.74) is 1.75. The maximum absolute atomic E-state index is 15.3. The summed E-state index contributed by atoms with van der Waals surface area (Å²) in [4.78, 5) is 18.2. The second-order valence-electron chi connectivity index (χ2n) is 8.87. The van der Waals surface area contributed by atoms with Gasteiger partial charge in [-0.1, -0.05) is 12.1 Å². The Morgan fingerprint density at radius 3 is 2.61 bits per heavy atom. The third-order valence-corrected chi connectivity index (χ3v) is 5.99. The molecule has 8 heteroatoms. The van der Waals surface area contributed by atoms with E-state index in [-0.39, 0.29) is 30.1 Å². The highest BCUT2D eigenvalue weighted by atomic mass is 19.1. The van der Waals surface area contributed by atoms with Crippen LogP contribution in [0.5, 0.6) is 0 Å². The van der Waals surface area contributed by atoms with Crippen LogP contribution in [0.4, 0.5) is 8.78 Å². The maximum atomic E-state index is 15.3. The number of aliphatic hydroxyl groups is 1. The number of benzene rings is 2. The summed E-state index contributed by atoms with van der Waals surface area (Å²) < 4.78 is 32.0. The van der Waals surface area contributed by atoms with E-state index in [2.05, 4.69) is 10.1 Å². The highest BCUT2D eigenvalue weighted by Crippen LogP contribution is 2.36. The molecule has 33 heavy (non-hydrogen) atoms. The molecule has 1 aliphatic rings. The number of aryl methyl sites for hydroxylation is 1. The molecule has 1 aliphatic heterocycles. The number of fused-ring (bicyclic) bond motifs is 2. The van der Waals surface area contributed by atoms with Gasteiger partial charge in [0.2, 0.25) is 0 Å². The summed E-state index contributed by atoms with van der Waals surface area (Å²) in [5.74, 6) is -1.46. The Hall–Kier alpha value is -3.65. The lowest BCUT2D eigenvalue weighted by molar-refractivity contribution is 0.0763. The number of pyridine rings is 1. The average molecular weight is 448 g/mol. The van der Waals surface area contributed by atoms with Crippen molar-refractivity contribution in [3.63, 3.8) is 0 Å². The largest absolute Gasteiger partial charge is 0.386 e. The number of amides is 1. The number of rotatable bonds is 4. The van der Waals surface area contributed by atoms with Crippen molar-refractivity contribution >= 4 is 16.8 Å². The van der Waals surface area contributed by atoms with Crippen LogP contribution in [-0.2, 0) is 25.7 Å². The number of carbonyl (C=O) groups is 1. The van der Waals surface area contributed by atoms with Gasteiger partial charge in [-0.25, -0.2) is 8.78 Å². The number of halogens is 2. The van der Waals surface area contributed by atoms with E-state index in [4.69, 9.17) is 0 Å². The summed E-state index contributed by atoms with van der Waals surface area (Å²) >= 11 is 0. The zero-order valence-corrected chi connectivity index (χ0v) is 18.4. The van der Waals surface area contributed by atoms with Crippen molar-refractivity contribution in [3.8, 4) is 11.1 Å². The average Bonchev–Trinajstić information content (AvgIpc) is 3.29. The minimum atomic E-state index is -1.15. The molecule has 0 aliphatic carbocycles. The molecule has 0 fully saturated rings. The molecule has 4 aromatic rings. The number of nitrogens with zero attached hydrogens (tertiary/aromatic N) is 4.